The lowest BCUT2D eigenvalue weighted by Gasteiger charge is -2.12. The van der Waals surface area contributed by atoms with Gasteiger partial charge in [-0.3, -0.25) is 4.98 Å². The average Bonchev–Trinajstić information content (AvgIpc) is 2.41. The zero-order valence-electron chi connectivity index (χ0n) is 10.8. The quantitative estimate of drug-likeness (QED) is 0.863. The number of anilines is 1. The monoisotopic (exact) mass is 256 g/mol. The SMILES string of the molecule is Cc1cccc(C(=O)O)c1NCCc1ccccn1. The molecule has 0 atom stereocenters. The van der Waals surface area contributed by atoms with Crippen LogP contribution in [0.5, 0.6) is 0 Å². The smallest absolute Gasteiger partial charge is 0.337 e. The first kappa shape index (κ1) is 13.1. The van der Waals surface area contributed by atoms with Gasteiger partial charge in [0.05, 0.1) is 11.3 Å². The van der Waals surface area contributed by atoms with Crippen molar-refractivity contribution < 1.29 is 9.90 Å². The van der Waals surface area contributed by atoms with Gasteiger partial charge in [-0.2, -0.15) is 0 Å². The third kappa shape index (κ3) is 3.31. The number of nitrogens with zero attached hydrogens (tertiary/aromatic N) is 1. The first-order chi connectivity index (χ1) is 9.18. The molecule has 0 saturated heterocycles. The Balaban J connectivity index is 2.05. The number of hydrogen-bond donors (Lipinski definition) is 2. The van der Waals surface area contributed by atoms with Crippen molar-refractivity contribution in [2.75, 3.05) is 11.9 Å². The molecule has 2 N–H and O–H groups in total. The van der Waals surface area contributed by atoms with E-state index < -0.39 is 5.97 Å². The third-order valence-electron chi connectivity index (χ3n) is 2.91. The van der Waals surface area contributed by atoms with Crippen molar-refractivity contribution >= 4 is 11.7 Å². The molecule has 2 rings (SSSR count). The van der Waals surface area contributed by atoms with Gasteiger partial charge in [0.25, 0.3) is 0 Å². The highest BCUT2D eigenvalue weighted by atomic mass is 16.4. The predicted molar refractivity (Wildman–Crippen MR) is 74.6 cm³/mol. The molecule has 0 bridgehead atoms. The van der Waals surface area contributed by atoms with Crippen LogP contribution in [0.2, 0.25) is 0 Å². The average molecular weight is 256 g/mol. The van der Waals surface area contributed by atoms with E-state index in [1.807, 2.05) is 31.2 Å². The van der Waals surface area contributed by atoms with Gasteiger partial charge >= 0.3 is 5.97 Å². The maximum absolute atomic E-state index is 11.2. The molecule has 0 aliphatic rings. The summed E-state index contributed by atoms with van der Waals surface area (Å²) in [6.45, 7) is 2.55. The molecule has 0 aliphatic carbocycles. The number of benzene rings is 1. The zero-order valence-corrected chi connectivity index (χ0v) is 10.8. The second kappa shape index (κ2) is 6.00. The van der Waals surface area contributed by atoms with Gasteiger partial charge in [-0.25, -0.2) is 4.79 Å². The lowest BCUT2D eigenvalue weighted by Crippen LogP contribution is -2.11. The number of aryl methyl sites for hydroxylation is 1. The fourth-order valence-corrected chi connectivity index (χ4v) is 1.94. The molecule has 4 nitrogen and oxygen atoms in total. The first-order valence-corrected chi connectivity index (χ1v) is 6.15. The molecule has 0 amide bonds. The van der Waals surface area contributed by atoms with E-state index in [-0.39, 0.29) is 0 Å². The Labute approximate surface area is 112 Å². The highest BCUT2D eigenvalue weighted by molar-refractivity contribution is 5.95. The summed E-state index contributed by atoms with van der Waals surface area (Å²) in [6, 6.07) is 11.0. The van der Waals surface area contributed by atoms with Crippen LogP contribution in [0.3, 0.4) is 0 Å². The fourth-order valence-electron chi connectivity index (χ4n) is 1.94. The van der Waals surface area contributed by atoms with Crippen molar-refractivity contribution in [3.8, 4) is 0 Å². The molecule has 1 aromatic carbocycles. The molecular weight excluding hydrogens is 240 g/mol. The molecule has 1 aromatic heterocycles. The second-order valence-corrected chi connectivity index (χ2v) is 4.30. The predicted octanol–water partition coefficient (Wildman–Crippen LogP) is 2.74. The summed E-state index contributed by atoms with van der Waals surface area (Å²) < 4.78 is 0. The summed E-state index contributed by atoms with van der Waals surface area (Å²) in [5.74, 6) is -0.913. The van der Waals surface area contributed by atoms with Crippen molar-refractivity contribution in [3.05, 3.63) is 59.4 Å². The van der Waals surface area contributed by atoms with Crippen LogP contribution in [0.1, 0.15) is 21.6 Å². The second-order valence-electron chi connectivity index (χ2n) is 4.30. The van der Waals surface area contributed by atoms with Gasteiger partial charge in [0.1, 0.15) is 0 Å². The molecule has 0 unspecified atom stereocenters. The number of hydrogen-bond acceptors (Lipinski definition) is 3. The lowest BCUT2D eigenvalue weighted by atomic mass is 10.1. The van der Waals surface area contributed by atoms with E-state index in [2.05, 4.69) is 10.3 Å². The van der Waals surface area contributed by atoms with E-state index in [0.29, 0.717) is 17.8 Å². The van der Waals surface area contributed by atoms with Gasteiger partial charge in [0.15, 0.2) is 0 Å². The molecule has 0 spiro atoms. The maximum atomic E-state index is 11.2. The van der Waals surface area contributed by atoms with Crippen molar-refractivity contribution in [3.63, 3.8) is 0 Å². The number of nitrogens with one attached hydrogen (secondary N) is 1. The highest BCUT2D eigenvalue weighted by Crippen LogP contribution is 2.20. The van der Waals surface area contributed by atoms with Gasteiger partial charge in [0, 0.05) is 24.9 Å². The standard InChI is InChI=1S/C15H16N2O2/c1-11-5-4-7-13(15(18)19)14(11)17-10-8-12-6-2-3-9-16-12/h2-7,9,17H,8,10H2,1H3,(H,18,19). The summed E-state index contributed by atoms with van der Waals surface area (Å²) in [6.07, 6.45) is 2.51. The van der Waals surface area contributed by atoms with E-state index >= 15 is 0 Å². The summed E-state index contributed by atoms with van der Waals surface area (Å²) in [7, 11) is 0. The number of pyridine rings is 1. The summed E-state index contributed by atoms with van der Waals surface area (Å²) in [5, 5.41) is 12.3. The lowest BCUT2D eigenvalue weighted by molar-refractivity contribution is 0.0698. The first-order valence-electron chi connectivity index (χ1n) is 6.15. The van der Waals surface area contributed by atoms with E-state index in [0.717, 1.165) is 17.7 Å². The Morgan fingerprint density at radius 2 is 2.11 bits per heavy atom. The van der Waals surface area contributed by atoms with Crippen molar-refractivity contribution in [2.24, 2.45) is 0 Å². The molecule has 0 fully saturated rings. The number of para-hydroxylation sites is 1. The van der Waals surface area contributed by atoms with Gasteiger partial charge in [-0.15, -0.1) is 0 Å². The minimum absolute atomic E-state index is 0.307. The Morgan fingerprint density at radius 1 is 1.26 bits per heavy atom. The molecular formula is C15H16N2O2. The van der Waals surface area contributed by atoms with Gasteiger partial charge < -0.3 is 10.4 Å². The minimum Gasteiger partial charge on any atom is -0.478 e. The van der Waals surface area contributed by atoms with E-state index in [9.17, 15) is 4.79 Å². The van der Waals surface area contributed by atoms with Crippen LogP contribution < -0.4 is 5.32 Å². The topological polar surface area (TPSA) is 62.2 Å². The summed E-state index contributed by atoms with van der Waals surface area (Å²) in [5.41, 5.74) is 2.91. The summed E-state index contributed by atoms with van der Waals surface area (Å²) in [4.78, 5) is 15.4. The number of aromatic carboxylic acids is 1. The van der Waals surface area contributed by atoms with Crippen molar-refractivity contribution in [1.82, 2.24) is 4.98 Å². The van der Waals surface area contributed by atoms with Crippen LogP contribution in [0.25, 0.3) is 0 Å². The fraction of sp³-hybridized carbons (Fsp3) is 0.200. The normalized spacial score (nSPS) is 10.2. The van der Waals surface area contributed by atoms with E-state index in [1.54, 1.807) is 18.3 Å². The molecule has 19 heavy (non-hydrogen) atoms. The molecule has 0 saturated carbocycles. The third-order valence-corrected chi connectivity index (χ3v) is 2.91. The van der Waals surface area contributed by atoms with Crippen LogP contribution >= 0.6 is 0 Å². The van der Waals surface area contributed by atoms with Crippen molar-refractivity contribution in [1.29, 1.82) is 0 Å². The number of carboxylic acids is 1. The summed E-state index contributed by atoms with van der Waals surface area (Å²) >= 11 is 0. The Kier molecular flexibility index (Phi) is 4.13. The Morgan fingerprint density at radius 3 is 2.79 bits per heavy atom. The molecule has 1 heterocycles. The highest BCUT2D eigenvalue weighted by Gasteiger charge is 2.11. The van der Waals surface area contributed by atoms with Crippen LogP contribution in [0.15, 0.2) is 42.6 Å². The largest absolute Gasteiger partial charge is 0.478 e. The number of carboxylic acid groups (broad SMARTS) is 1. The van der Waals surface area contributed by atoms with Crippen LogP contribution in [-0.4, -0.2) is 22.6 Å². The molecule has 0 aliphatic heterocycles. The number of aromatic nitrogens is 1. The number of carbonyl (C=O) groups is 1. The Hall–Kier alpha value is -2.36. The van der Waals surface area contributed by atoms with Crippen LogP contribution in [-0.2, 0) is 6.42 Å². The zero-order chi connectivity index (χ0) is 13.7. The maximum Gasteiger partial charge on any atom is 0.337 e. The number of rotatable bonds is 5. The molecule has 98 valence electrons. The van der Waals surface area contributed by atoms with Crippen LogP contribution in [0, 0.1) is 6.92 Å². The molecule has 4 heteroatoms. The van der Waals surface area contributed by atoms with E-state index in [4.69, 9.17) is 5.11 Å². The van der Waals surface area contributed by atoms with Gasteiger partial charge in [-0.1, -0.05) is 18.2 Å². The van der Waals surface area contributed by atoms with Crippen LogP contribution in [0.4, 0.5) is 5.69 Å². The van der Waals surface area contributed by atoms with Gasteiger partial charge in [-0.05, 0) is 30.7 Å². The molecule has 0 radical (unpaired) electrons. The van der Waals surface area contributed by atoms with Gasteiger partial charge in [0.2, 0.25) is 0 Å². The van der Waals surface area contributed by atoms with E-state index in [1.165, 1.54) is 0 Å². The Bertz CT molecular complexity index is 568. The minimum atomic E-state index is -0.913. The molecule has 2 aromatic rings. The van der Waals surface area contributed by atoms with Crippen molar-refractivity contribution in [2.45, 2.75) is 13.3 Å².